The lowest BCUT2D eigenvalue weighted by Crippen LogP contribution is -2.58. The molecule has 2 aromatic heterocycles. The number of amides is 2. The minimum atomic E-state index is -0.250. The molecule has 3 aromatic rings. The van der Waals surface area contributed by atoms with Crippen LogP contribution in [0.5, 0.6) is 0 Å². The highest BCUT2D eigenvalue weighted by atomic mass is 35.5. The Balaban J connectivity index is 0.000000765. The lowest BCUT2D eigenvalue weighted by molar-refractivity contribution is -0.139. The second kappa shape index (κ2) is 9.14. The molecule has 5 heterocycles. The van der Waals surface area contributed by atoms with E-state index in [2.05, 4.69) is 33.4 Å². The fraction of sp³-hybridized carbons (Fsp3) is 0.385. The molecule has 2 N–H and O–H groups in total. The standard InChI is InChI=1S/C25H23ClN4O2S.CH2O2/c26-14-6-19(24-20(7-14)18-5-13(18)11-29(24)15-9-27-10-15)17-3-4-28-21-8-16(33-25(17)21)12-30-22(31)1-2-23(30)32;2-1-3/h3-4,6-8,13,15,18,27H,1-2,5,9-12H2;1H,(H,2,3)/t13-,18-;/m1./s1. The van der Waals surface area contributed by atoms with E-state index in [-0.39, 0.29) is 18.3 Å². The van der Waals surface area contributed by atoms with E-state index in [0.29, 0.717) is 31.3 Å². The summed E-state index contributed by atoms with van der Waals surface area (Å²) in [6.07, 6.45) is 3.73. The van der Waals surface area contributed by atoms with Gasteiger partial charge in [-0.2, -0.15) is 0 Å². The molecule has 3 fully saturated rings. The van der Waals surface area contributed by atoms with Crippen LogP contribution in [-0.4, -0.2) is 59.0 Å². The third kappa shape index (κ3) is 3.95. The van der Waals surface area contributed by atoms with Gasteiger partial charge in [0.2, 0.25) is 11.8 Å². The molecule has 36 heavy (non-hydrogen) atoms. The number of carbonyl (C=O) groups is 3. The third-order valence-corrected chi connectivity index (χ3v) is 8.93. The molecule has 7 rings (SSSR count). The van der Waals surface area contributed by atoms with Crippen LogP contribution >= 0.6 is 22.9 Å². The first-order valence-electron chi connectivity index (χ1n) is 12.1. The number of carbonyl (C=O) groups excluding carboxylic acids is 2. The lowest BCUT2D eigenvalue weighted by Gasteiger charge is -2.44. The van der Waals surface area contributed by atoms with Crippen LogP contribution in [0.25, 0.3) is 21.3 Å². The highest BCUT2D eigenvalue weighted by molar-refractivity contribution is 7.19. The zero-order valence-electron chi connectivity index (χ0n) is 19.4. The molecule has 8 nitrogen and oxygen atoms in total. The Kier molecular flexibility index (Phi) is 5.94. The van der Waals surface area contributed by atoms with Crippen molar-refractivity contribution in [3.8, 4) is 11.1 Å². The zero-order valence-corrected chi connectivity index (χ0v) is 21.0. The normalized spacial score (nSPS) is 22.6. The molecule has 2 amide bonds. The maximum atomic E-state index is 12.1. The quantitative estimate of drug-likeness (QED) is 0.394. The highest BCUT2D eigenvalue weighted by Crippen LogP contribution is 2.58. The summed E-state index contributed by atoms with van der Waals surface area (Å²) in [7, 11) is 0. The number of likely N-dealkylation sites (tertiary alicyclic amines) is 1. The van der Waals surface area contributed by atoms with Crippen LogP contribution in [-0.2, 0) is 20.9 Å². The molecule has 186 valence electrons. The number of pyridine rings is 1. The summed E-state index contributed by atoms with van der Waals surface area (Å²) in [5, 5.41) is 11.1. The van der Waals surface area contributed by atoms with Gasteiger partial charge in [0.05, 0.1) is 22.8 Å². The van der Waals surface area contributed by atoms with E-state index in [1.165, 1.54) is 28.1 Å². The molecule has 0 unspecified atom stereocenters. The van der Waals surface area contributed by atoms with E-state index in [4.69, 9.17) is 21.5 Å². The number of imide groups is 1. The molecule has 0 bridgehead atoms. The van der Waals surface area contributed by atoms with Crippen LogP contribution in [0, 0.1) is 5.92 Å². The first-order chi connectivity index (χ1) is 17.5. The van der Waals surface area contributed by atoms with Gasteiger partial charge in [0.1, 0.15) is 0 Å². The molecule has 1 saturated carbocycles. The summed E-state index contributed by atoms with van der Waals surface area (Å²) in [5.41, 5.74) is 5.92. The van der Waals surface area contributed by atoms with Gasteiger partial charge in [-0.05, 0) is 48.1 Å². The molecular weight excluding hydrogens is 500 g/mol. The lowest BCUT2D eigenvalue weighted by atomic mass is 9.91. The zero-order chi connectivity index (χ0) is 25.0. The van der Waals surface area contributed by atoms with Crippen molar-refractivity contribution in [1.29, 1.82) is 0 Å². The Hall–Kier alpha value is -3.01. The Labute approximate surface area is 216 Å². The van der Waals surface area contributed by atoms with E-state index >= 15 is 0 Å². The average Bonchev–Trinajstić information content (AvgIpc) is 3.38. The molecule has 10 heteroatoms. The highest BCUT2D eigenvalue weighted by Gasteiger charge is 2.48. The summed E-state index contributed by atoms with van der Waals surface area (Å²) in [6, 6.07) is 8.89. The fourth-order valence-electron chi connectivity index (χ4n) is 5.66. The topological polar surface area (TPSA) is 103 Å². The number of aromatic nitrogens is 1. The number of rotatable bonds is 4. The maximum Gasteiger partial charge on any atom is 0.290 e. The van der Waals surface area contributed by atoms with Gasteiger partial charge < -0.3 is 15.3 Å². The van der Waals surface area contributed by atoms with Crippen LogP contribution in [0.1, 0.15) is 35.6 Å². The van der Waals surface area contributed by atoms with Gasteiger partial charge in [-0.15, -0.1) is 11.3 Å². The average molecular weight is 525 g/mol. The van der Waals surface area contributed by atoms with E-state index in [9.17, 15) is 9.59 Å². The van der Waals surface area contributed by atoms with E-state index in [1.54, 1.807) is 11.3 Å². The fourth-order valence-corrected chi connectivity index (χ4v) is 7.02. The number of carboxylic acid groups (broad SMARTS) is 1. The molecule has 2 saturated heterocycles. The van der Waals surface area contributed by atoms with Crippen molar-refractivity contribution in [2.24, 2.45) is 5.92 Å². The first-order valence-corrected chi connectivity index (χ1v) is 13.3. The number of nitrogens with one attached hydrogen (secondary N) is 1. The van der Waals surface area contributed by atoms with E-state index in [1.807, 2.05) is 12.3 Å². The minimum absolute atomic E-state index is 0.0849. The Morgan fingerprint density at radius 3 is 2.61 bits per heavy atom. The Morgan fingerprint density at radius 1 is 1.17 bits per heavy atom. The van der Waals surface area contributed by atoms with Crippen molar-refractivity contribution in [3.05, 3.63) is 45.9 Å². The minimum Gasteiger partial charge on any atom is -0.483 e. The van der Waals surface area contributed by atoms with Crippen LogP contribution in [0.3, 0.4) is 0 Å². The molecule has 3 aliphatic heterocycles. The van der Waals surface area contributed by atoms with Crippen LogP contribution in [0.4, 0.5) is 5.69 Å². The SMILES string of the molecule is O=C1CCC(=O)N1Cc1cc2nccc(-c3cc(Cl)cc4c3N(C3CNC3)C[C@H]3C[C@@H]43)c2s1.O=CO. The Bertz CT molecular complexity index is 1370. The summed E-state index contributed by atoms with van der Waals surface area (Å²) in [4.78, 5) is 42.2. The van der Waals surface area contributed by atoms with Crippen molar-refractivity contribution >= 4 is 57.1 Å². The molecule has 1 aliphatic carbocycles. The summed E-state index contributed by atoms with van der Waals surface area (Å²) >= 11 is 8.29. The van der Waals surface area contributed by atoms with Crippen LogP contribution in [0.15, 0.2) is 30.5 Å². The largest absolute Gasteiger partial charge is 0.483 e. The molecule has 0 spiro atoms. The number of nitrogens with zero attached hydrogens (tertiary/aromatic N) is 3. The number of benzene rings is 1. The molecule has 2 atom stereocenters. The smallest absolute Gasteiger partial charge is 0.290 e. The van der Waals surface area contributed by atoms with Crippen molar-refractivity contribution in [2.75, 3.05) is 24.5 Å². The van der Waals surface area contributed by atoms with Gasteiger partial charge in [0, 0.05) is 65.4 Å². The van der Waals surface area contributed by atoms with Crippen LogP contribution in [0.2, 0.25) is 5.02 Å². The first kappa shape index (κ1) is 23.4. The Morgan fingerprint density at radius 2 is 1.92 bits per heavy atom. The predicted octanol–water partition coefficient (Wildman–Crippen LogP) is 3.86. The second-order valence-corrected chi connectivity index (χ2v) is 11.3. The molecule has 1 aromatic carbocycles. The molecule has 4 aliphatic rings. The van der Waals surface area contributed by atoms with Crippen molar-refractivity contribution < 1.29 is 19.5 Å². The van der Waals surface area contributed by atoms with Gasteiger partial charge in [0.15, 0.2) is 0 Å². The van der Waals surface area contributed by atoms with Gasteiger partial charge in [-0.1, -0.05) is 11.6 Å². The maximum absolute atomic E-state index is 12.1. The van der Waals surface area contributed by atoms with Crippen molar-refractivity contribution in [2.45, 2.75) is 37.8 Å². The van der Waals surface area contributed by atoms with Gasteiger partial charge in [-0.25, -0.2) is 0 Å². The number of thiophene rings is 1. The van der Waals surface area contributed by atoms with Gasteiger partial charge >= 0.3 is 0 Å². The van der Waals surface area contributed by atoms with Gasteiger partial charge in [-0.3, -0.25) is 24.3 Å². The second-order valence-electron chi connectivity index (χ2n) is 9.72. The van der Waals surface area contributed by atoms with Crippen LogP contribution < -0.4 is 10.2 Å². The summed E-state index contributed by atoms with van der Waals surface area (Å²) in [6.45, 7) is 3.23. The predicted molar refractivity (Wildman–Crippen MR) is 138 cm³/mol. The number of hydrogen-bond acceptors (Lipinski definition) is 7. The third-order valence-electron chi connectivity index (χ3n) is 7.57. The van der Waals surface area contributed by atoms with Gasteiger partial charge in [0.25, 0.3) is 6.47 Å². The van der Waals surface area contributed by atoms with Crippen molar-refractivity contribution in [3.63, 3.8) is 0 Å². The molecule has 0 radical (unpaired) electrons. The number of anilines is 1. The number of halogens is 1. The van der Waals surface area contributed by atoms with E-state index < -0.39 is 0 Å². The van der Waals surface area contributed by atoms with E-state index in [0.717, 1.165) is 51.2 Å². The van der Waals surface area contributed by atoms with Crippen molar-refractivity contribution in [1.82, 2.24) is 15.2 Å². The molecular formula is C26H25ClN4O4S. The summed E-state index contributed by atoms with van der Waals surface area (Å²) < 4.78 is 1.08. The monoisotopic (exact) mass is 524 g/mol. The number of hydrogen-bond donors (Lipinski definition) is 2. The summed E-state index contributed by atoms with van der Waals surface area (Å²) in [5.74, 6) is 1.19. The number of fused-ring (bicyclic) bond motifs is 4.